The largest absolute Gasteiger partial charge is 0.367 e. The second-order valence-electron chi connectivity index (χ2n) is 5.31. The lowest BCUT2D eigenvalue weighted by molar-refractivity contribution is -0.0640. The highest BCUT2D eigenvalue weighted by Gasteiger charge is 2.29. The molecule has 0 unspecified atom stereocenters. The molecule has 0 spiro atoms. The molecule has 3 rings (SSSR count). The van der Waals surface area contributed by atoms with Crippen LogP contribution in [0, 0.1) is 5.82 Å². The molecule has 116 valence electrons. The predicted molar refractivity (Wildman–Crippen MR) is 84.6 cm³/mol. The Morgan fingerprint density at radius 2 is 2.18 bits per heavy atom. The minimum absolute atomic E-state index is 0.0648. The molecule has 0 bridgehead atoms. The molecule has 1 fully saturated rings. The maximum Gasteiger partial charge on any atom is 0.322 e. The molecule has 1 aromatic carbocycles. The van der Waals surface area contributed by atoms with Crippen molar-refractivity contribution in [2.75, 3.05) is 18.4 Å². The van der Waals surface area contributed by atoms with E-state index in [1.165, 1.54) is 6.07 Å². The first-order chi connectivity index (χ1) is 10.6. The maximum atomic E-state index is 13.6. The smallest absolute Gasteiger partial charge is 0.322 e. The van der Waals surface area contributed by atoms with Crippen LogP contribution in [0.1, 0.15) is 18.6 Å². The molecule has 1 aromatic heterocycles. The highest BCUT2D eigenvalue weighted by Crippen LogP contribution is 2.27. The van der Waals surface area contributed by atoms with E-state index in [0.717, 1.165) is 5.56 Å². The number of halogens is 1. The van der Waals surface area contributed by atoms with Crippen molar-refractivity contribution in [1.82, 2.24) is 4.90 Å². The normalized spacial score (nSPS) is 21.6. The minimum atomic E-state index is -0.438. The summed E-state index contributed by atoms with van der Waals surface area (Å²) < 4.78 is 19.5. The number of carbonyl (C=O) groups is 1. The number of anilines is 1. The van der Waals surface area contributed by atoms with Crippen LogP contribution in [0.4, 0.5) is 14.9 Å². The first-order valence-corrected chi connectivity index (χ1v) is 8.06. The molecule has 2 amide bonds. The zero-order valence-electron chi connectivity index (χ0n) is 12.2. The van der Waals surface area contributed by atoms with Crippen molar-refractivity contribution in [2.24, 2.45) is 0 Å². The van der Waals surface area contributed by atoms with Crippen molar-refractivity contribution in [3.63, 3.8) is 0 Å². The molecule has 4 nitrogen and oxygen atoms in total. The number of benzene rings is 1. The molecule has 0 saturated carbocycles. The third kappa shape index (κ3) is 3.28. The van der Waals surface area contributed by atoms with Crippen molar-refractivity contribution < 1.29 is 13.9 Å². The lowest BCUT2D eigenvalue weighted by Gasteiger charge is -2.36. The molecular weight excluding hydrogens is 303 g/mol. The number of ether oxygens (including phenoxy) is 1. The van der Waals surface area contributed by atoms with Gasteiger partial charge in [-0.15, -0.1) is 0 Å². The molecule has 6 heteroatoms. The summed E-state index contributed by atoms with van der Waals surface area (Å²) >= 11 is 1.60. The lowest BCUT2D eigenvalue weighted by Crippen LogP contribution is -2.47. The van der Waals surface area contributed by atoms with Gasteiger partial charge >= 0.3 is 6.03 Å². The molecule has 2 aromatic rings. The van der Waals surface area contributed by atoms with Crippen LogP contribution in [-0.4, -0.2) is 30.1 Å². The number of amides is 2. The number of morpholine rings is 1. The Hall–Kier alpha value is -1.92. The third-order valence-corrected chi connectivity index (χ3v) is 4.28. The van der Waals surface area contributed by atoms with E-state index in [0.29, 0.717) is 13.1 Å². The topological polar surface area (TPSA) is 41.6 Å². The summed E-state index contributed by atoms with van der Waals surface area (Å²) in [4.78, 5) is 14.0. The monoisotopic (exact) mass is 320 g/mol. The Balaban J connectivity index is 1.70. The van der Waals surface area contributed by atoms with Gasteiger partial charge in [-0.2, -0.15) is 11.3 Å². The van der Waals surface area contributed by atoms with E-state index >= 15 is 0 Å². The summed E-state index contributed by atoms with van der Waals surface area (Å²) in [5.41, 5.74) is 1.26. The summed E-state index contributed by atoms with van der Waals surface area (Å²) in [7, 11) is 0. The average Bonchev–Trinajstić information content (AvgIpc) is 3.03. The number of rotatable bonds is 2. The van der Waals surface area contributed by atoms with Crippen LogP contribution < -0.4 is 5.32 Å². The van der Waals surface area contributed by atoms with Gasteiger partial charge in [-0.05, 0) is 41.4 Å². The number of nitrogens with zero attached hydrogens (tertiary/aromatic N) is 1. The van der Waals surface area contributed by atoms with E-state index < -0.39 is 5.82 Å². The van der Waals surface area contributed by atoms with E-state index in [1.54, 1.807) is 34.4 Å². The van der Waals surface area contributed by atoms with Crippen LogP contribution in [0.25, 0.3) is 0 Å². The highest BCUT2D eigenvalue weighted by atomic mass is 32.1. The molecule has 1 N–H and O–H groups in total. The van der Waals surface area contributed by atoms with Gasteiger partial charge in [-0.3, -0.25) is 0 Å². The predicted octanol–water partition coefficient (Wildman–Crippen LogP) is 3.88. The molecule has 0 radical (unpaired) electrons. The van der Waals surface area contributed by atoms with E-state index in [1.807, 2.05) is 23.8 Å². The fourth-order valence-electron chi connectivity index (χ4n) is 2.52. The summed E-state index contributed by atoms with van der Waals surface area (Å²) in [6.07, 6.45) is -0.202. The maximum absolute atomic E-state index is 13.6. The van der Waals surface area contributed by atoms with Gasteiger partial charge in [-0.25, -0.2) is 9.18 Å². The van der Waals surface area contributed by atoms with E-state index in [2.05, 4.69) is 5.32 Å². The molecule has 0 aliphatic carbocycles. The summed E-state index contributed by atoms with van der Waals surface area (Å²) in [6.45, 7) is 2.88. The van der Waals surface area contributed by atoms with Crippen molar-refractivity contribution in [3.05, 3.63) is 52.5 Å². The average molecular weight is 320 g/mol. The number of thiophene rings is 1. The van der Waals surface area contributed by atoms with Gasteiger partial charge in [0.15, 0.2) is 0 Å². The molecule has 1 saturated heterocycles. The Kier molecular flexibility index (Phi) is 4.40. The highest BCUT2D eigenvalue weighted by molar-refractivity contribution is 7.07. The lowest BCUT2D eigenvalue weighted by atomic mass is 10.1. The van der Waals surface area contributed by atoms with Crippen molar-refractivity contribution in [1.29, 1.82) is 0 Å². The van der Waals surface area contributed by atoms with Crippen molar-refractivity contribution >= 4 is 23.1 Å². The Morgan fingerprint density at radius 1 is 1.36 bits per heavy atom. The molecule has 22 heavy (non-hydrogen) atoms. The Bertz CT molecular complexity index is 647. The summed E-state index contributed by atoms with van der Waals surface area (Å²) in [5, 5.41) is 6.64. The Morgan fingerprint density at radius 3 is 2.91 bits per heavy atom. The Labute approximate surface area is 132 Å². The van der Waals surface area contributed by atoms with Gasteiger partial charge < -0.3 is 15.0 Å². The minimum Gasteiger partial charge on any atom is -0.367 e. The van der Waals surface area contributed by atoms with Crippen LogP contribution >= 0.6 is 11.3 Å². The number of para-hydroxylation sites is 1. The van der Waals surface area contributed by atoms with Gasteiger partial charge in [-0.1, -0.05) is 12.1 Å². The zero-order valence-corrected chi connectivity index (χ0v) is 13.0. The van der Waals surface area contributed by atoms with Crippen LogP contribution in [-0.2, 0) is 4.74 Å². The van der Waals surface area contributed by atoms with Crippen LogP contribution in [0.15, 0.2) is 41.1 Å². The quantitative estimate of drug-likeness (QED) is 0.912. The van der Waals surface area contributed by atoms with Gasteiger partial charge in [0, 0.05) is 6.54 Å². The van der Waals surface area contributed by atoms with Crippen LogP contribution in [0.3, 0.4) is 0 Å². The third-order valence-electron chi connectivity index (χ3n) is 3.58. The van der Waals surface area contributed by atoms with Gasteiger partial charge in [0.2, 0.25) is 0 Å². The number of hydrogen-bond donors (Lipinski definition) is 1. The number of nitrogens with one attached hydrogen (secondary N) is 1. The molecule has 1 aliphatic rings. The molecule has 2 atom stereocenters. The zero-order chi connectivity index (χ0) is 15.5. The molecular formula is C16H17FN2O2S. The SMILES string of the molecule is C[C@@H]1CN(C(=O)Nc2ccccc2F)C[C@@H](c2ccsc2)O1. The summed E-state index contributed by atoms with van der Waals surface area (Å²) in [6, 6.07) is 7.85. The standard InChI is InChI=1S/C16H17FN2O2S/c1-11-8-19(9-15(21-11)12-6-7-22-10-12)16(20)18-14-5-3-2-4-13(14)17/h2-7,10-11,15H,8-9H2,1H3,(H,18,20)/t11-,15+/m1/s1. The second kappa shape index (κ2) is 6.46. The van der Waals surface area contributed by atoms with Crippen molar-refractivity contribution in [2.45, 2.75) is 19.1 Å². The number of hydrogen-bond acceptors (Lipinski definition) is 3. The first kappa shape index (κ1) is 15.0. The fraction of sp³-hybridized carbons (Fsp3) is 0.312. The van der Waals surface area contributed by atoms with E-state index in [4.69, 9.17) is 4.74 Å². The number of carbonyl (C=O) groups excluding carboxylic acids is 1. The second-order valence-corrected chi connectivity index (χ2v) is 6.09. The molecule has 1 aliphatic heterocycles. The number of urea groups is 1. The van der Waals surface area contributed by atoms with Crippen LogP contribution in [0.2, 0.25) is 0 Å². The van der Waals surface area contributed by atoms with Gasteiger partial charge in [0.05, 0.1) is 18.3 Å². The van der Waals surface area contributed by atoms with Gasteiger partial charge in [0.1, 0.15) is 11.9 Å². The van der Waals surface area contributed by atoms with E-state index in [-0.39, 0.29) is 23.9 Å². The first-order valence-electron chi connectivity index (χ1n) is 7.11. The molecule has 2 heterocycles. The van der Waals surface area contributed by atoms with Gasteiger partial charge in [0.25, 0.3) is 0 Å². The fourth-order valence-corrected chi connectivity index (χ4v) is 3.22. The summed E-state index contributed by atoms with van der Waals surface area (Å²) in [5.74, 6) is -0.438. The van der Waals surface area contributed by atoms with E-state index in [9.17, 15) is 9.18 Å². The van der Waals surface area contributed by atoms with Crippen LogP contribution in [0.5, 0.6) is 0 Å². The van der Waals surface area contributed by atoms with Crippen molar-refractivity contribution in [3.8, 4) is 0 Å².